The van der Waals surface area contributed by atoms with Crippen LogP contribution in [0.2, 0.25) is 0 Å². The van der Waals surface area contributed by atoms with E-state index in [-0.39, 0.29) is 0 Å². The maximum atomic E-state index is 10.1. The van der Waals surface area contributed by atoms with E-state index >= 15 is 0 Å². The summed E-state index contributed by atoms with van der Waals surface area (Å²) in [6.07, 6.45) is 3.81. The summed E-state index contributed by atoms with van der Waals surface area (Å²) in [5.41, 5.74) is 2.12. The average Bonchev–Trinajstić information content (AvgIpc) is 2.77. The average molecular weight is 246 g/mol. The smallest absolute Gasteiger partial charge is 0.138 e. The number of benzene rings is 1. The second kappa shape index (κ2) is 6.01. The Hall–Kier alpha value is -1.35. The zero-order valence-corrected chi connectivity index (χ0v) is 11.3. The highest BCUT2D eigenvalue weighted by atomic mass is 16.3. The van der Waals surface area contributed by atoms with Crippen molar-refractivity contribution in [2.75, 3.05) is 0 Å². The Morgan fingerprint density at radius 2 is 2.00 bits per heavy atom. The van der Waals surface area contributed by atoms with E-state index in [0.29, 0.717) is 6.42 Å². The van der Waals surface area contributed by atoms with Crippen LogP contribution in [0, 0.1) is 0 Å². The number of unbranched alkanes of at least 4 members (excludes halogenated alkanes) is 2. The molecule has 0 bridgehead atoms. The standard InChI is InChI=1S/C15H22N2O/c1-3-5-8-11-17-13-10-7-6-9-12(13)16-15(17)14(18)4-2/h6-7,9-10,14,18H,3-5,8,11H2,1-2H3. The molecule has 0 fully saturated rings. The first kappa shape index (κ1) is 13.1. The maximum absolute atomic E-state index is 10.1. The number of para-hydroxylation sites is 2. The second-order valence-electron chi connectivity index (χ2n) is 4.74. The fourth-order valence-electron chi connectivity index (χ4n) is 2.29. The third-order valence-electron chi connectivity index (χ3n) is 3.35. The lowest BCUT2D eigenvalue weighted by atomic mass is 10.2. The summed E-state index contributed by atoms with van der Waals surface area (Å²) in [6.45, 7) is 5.13. The van der Waals surface area contributed by atoms with Gasteiger partial charge in [0.15, 0.2) is 0 Å². The minimum absolute atomic E-state index is 0.459. The summed E-state index contributed by atoms with van der Waals surface area (Å²) < 4.78 is 2.18. The molecule has 0 saturated carbocycles. The van der Waals surface area contributed by atoms with Gasteiger partial charge in [0.1, 0.15) is 11.9 Å². The molecular formula is C15H22N2O. The Labute approximate surface area is 108 Å². The number of hydrogen-bond acceptors (Lipinski definition) is 2. The van der Waals surface area contributed by atoms with Gasteiger partial charge in [-0.25, -0.2) is 4.98 Å². The highest BCUT2D eigenvalue weighted by Crippen LogP contribution is 2.23. The van der Waals surface area contributed by atoms with Crippen molar-refractivity contribution in [3.05, 3.63) is 30.1 Å². The molecule has 0 aliphatic rings. The van der Waals surface area contributed by atoms with E-state index in [2.05, 4.69) is 22.5 Å². The van der Waals surface area contributed by atoms with Gasteiger partial charge in [-0.1, -0.05) is 38.8 Å². The molecule has 3 heteroatoms. The number of aliphatic hydroxyl groups is 1. The number of fused-ring (bicyclic) bond motifs is 1. The molecule has 1 atom stereocenters. The van der Waals surface area contributed by atoms with Gasteiger partial charge in [-0.3, -0.25) is 0 Å². The molecule has 1 aromatic carbocycles. The number of imidazole rings is 1. The van der Waals surface area contributed by atoms with Gasteiger partial charge in [0.25, 0.3) is 0 Å². The number of aliphatic hydroxyl groups excluding tert-OH is 1. The van der Waals surface area contributed by atoms with Crippen molar-refractivity contribution < 1.29 is 5.11 Å². The molecular weight excluding hydrogens is 224 g/mol. The fourth-order valence-corrected chi connectivity index (χ4v) is 2.29. The number of hydrogen-bond donors (Lipinski definition) is 1. The van der Waals surface area contributed by atoms with Gasteiger partial charge in [-0.2, -0.15) is 0 Å². The number of nitrogens with zero attached hydrogens (tertiary/aromatic N) is 2. The highest BCUT2D eigenvalue weighted by Gasteiger charge is 2.15. The minimum atomic E-state index is -0.459. The van der Waals surface area contributed by atoms with Gasteiger partial charge in [0.2, 0.25) is 0 Å². The molecule has 2 aromatic rings. The summed E-state index contributed by atoms with van der Waals surface area (Å²) in [5, 5.41) is 10.1. The van der Waals surface area contributed by atoms with E-state index in [1.54, 1.807) is 0 Å². The topological polar surface area (TPSA) is 38.0 Å². The number of rotatable bonds is 6. The SMILES string of the molecule is CCCCCn1c(C(O)CC)nc2ccccc21. The van der Waals surface area contributed by atoms with Gasteiger partial charge < -0.3 is 9.67 Å². The summed E-state index contributed by atoms with van der Waals surface area (Å²) in [6, 6.07) is 8.12. The first-order valence-corrected chi connectivity index (χ1v) is 6.91. The Bertz CT molecular complexity index is 504. The molecule has 0 aliphatic carbocycles. The minimum Gasteiger partial charge on any atom is -0.385 e. The molecule has 0 saturated heterocycles. The molecule has 1 N–H and O–H groups in total. The summed E-state index contributed by atoms with van der Waals surface area (Å²) in [4.78, 5) is 4.58. The Morgan fingerprint density at radius 1 is 1.22 bits per heavy atom. The molecule has 3 nitrogen and oxygen atoms in total. The largest absolute Gasteiger partial charge is 0.385 e. The first-order chi connectivity index (χ1) is 8.77. The van der Waals surface area contributed by atoms with Gasteiger partial charge in [-0.15, -0.1) is 0 Å². The molecule has 0 amide bonds. The van der Waals surface area contributed by atoms with Crippen LogP contribution in [0.3, 0.4) is 0 Å². The molecule has 1 aromatic heterocycles. The van der Waals surface area contributed by atoms with Crippen LogP contribution in [0.15, 0.2) is 24.3 Å². The zero-order chi connectivity index (χ0) is 13.0. The zero-order valence-electron chi connectivity index (χ0n) is 11.3. The summed E-state index contributed by atoms with van der Waals surface area (Å²) >= 11 is 0. The highest BCUT2D eigenvalue weighted by molar-refractivity contribution is 5.75. The Balaban J connectivity index is 2.37. The number of aryl methyl sites for hydroxylation is 1. The van der Waals surface area contributed by atoms with Crippen LogP contribution in [-0.4, -0.2) is 14.7 Å². The lowest BCUT2D eigenvalue weighted by Gasteiger charge is -2.12. The molecule has 2 rings (SSSR count). The molecule has 0 radical (unpaired) electrons. The quantitative estimate of drug-likeness (QED) is 0.790. The monoisotopic (exact) mass is 246 g/mol. The maximum Gasteiger partial charge on any atom is 0.138 e. The van der Waals surface area contributed by atoms with Crippen LogP contribution >= 0.6 is 0 Å². The van der Waals surface area contributed by atoms with E-state index in [0.717, 1.165) is 29.8 Å². The molecule has 18 heavy (non-hydrogen) atoms. The van der Waals surface area contributed by atoms with Crippen LogP contribution in [0.25, 0.3) is 11.0 Å². The summed E-state index contributed by atoms with van der Waals surface area (Å²) in [5.74, 6) is 0.815. The van der Waals surface area contributed by atoms with E-state index in [4.69, 9.17) is 0 Å². The lowest BCUT2D eigenvalue weighted by molar-refractivity contribution is 0.159. The predicted octanol–water partition coefficient (Wildman–Crippen LogP) is 3.67. The van der Waals surface area contributed by atoms with Crippen molar-refractivity contribution >= 4 is 11.0 Å². The predicted molar refractivity (Wildman–Crippen MR) is 74.5 cm³/mol. The van der Waals surface area contributed by atoms with Crippen molar-refractivity contribution in [2.45, 2.75) is 52.2 Å². The Kier molecular flexibility index (Phi) is 4.37. The van der Waals surface area contributed by atoms with Crippen LogP contribution in [-0.2, 0) is 6.54 Å². The fraction of sp³-hybridized carbons (Fsp3) is 0.533. The van der Waals surface area contributed by atoms with Crippen molar-refractivity contribution in [3.8, 4) is 0 Å². The van der Waals surface area contributed by atoms with Gasteiger partial charge in [0.05, 0.1) is 11.0 Å². The Morgan fingerprint density at radius 3 is 2.72 bits per heavy atom. The molecule has 1 heterocycles. The summed E-state index contributed by atoms with van der Waals surface area (Å²) in [7, 11) is 0. The third kappa shape index (κ3) is 2.56. The molecule has 1 unspecified atom stereocenters. The van der Waals surface area contributed by atoms with Crippen molar-refractivity contribution in [2.24, 2.45) is 0 Å². The van der Waals surface area contributed by atoms with Crippen LogP contribution in [0.4, 0.5) is 0 Å². The lowest BCUT2D eigenvalue weighted by Crippen LogP contribution is -2.08. The van der Waals surface area contributed by atoms with Crippen LogP contribution < -0.4 is 0 Å². The molecule has 98 valence electrons. The van der Waals surface area contributed by atoms with Crippen molar-refractivity contribution in [1.82, 2.24) is 9.55 Å². The first-order valence-electron chi connectivity index (χ1n) is 6.91. The van der Waals surface area contributed by atoms with E-state index in [9.17, 15) is 5.11 Å². The van der Waals surface area contributed by atoms with E-state index in [1.807, 2.05) is 25.1 Å². The van der Waals surface area contributed by atoms with Gasteiger partial charge >= 0.3 is 0 Å². The van der Waals surface area contributed by atoms with Crippen molar-refractivity contribution in [1.29, 1.82) is 0 Å². The normalized spacial score (nSPS) is 13.1. The third-order valence-corrected chi connectivity index (χ3v) is 3.35. The van der Waals surface area contributed by atoms with Crippen LogP contribution in [0.1, 0.15) is 51.5 Å². The molecule has 0 spiro atoms. The van der Waals surface area contributed by atoms with E-state index in [1.165, 1.54) is 12.8 Å². The van der Waals surface area contributed by atoms with Gasteiger partial charge in [0, 0.05) is 6.54 Å². The van der Waals surface area contributed by atoms with Crippen LogP contribution in [0.5, 0.6) is 0 Å². The van der Waals surface area contributed by atoms with E-state index < -0.39 is 6.10 Å². The van der Waals surface area contributed by atoms with Gasteiger partial charge in [-0.05, 0) is 25.0 Å². The second-order valence-corrected chi connectivity index (χ2v) is 4.74. The van der Waals surface area contributed by atoms with Crippen molar-refractivity contribution in [3.63, 3.8) is 0 Å². The number of aromatic nitrogens is 2. The molecule has 0 aliphatic heterocycles.